The Bertz CT molecular complexity index is 506. The fourth-order valence-electron chi connectivity index (χ4n) is 2.86. The second-order valence-electron chi connectivity index (χ2n) is 7.72. The van der Waals surface area contributed by atoms with Gasteiger partial charge in [0.05, 0.1) is 6.04 Å². The molecule has 1 atom stereocenters. The molecule has 1 aromatic rings. The summed E-state index contributed by atoms with van der Waals surface area (Å²) in [5.74, 6) is -0.127. The summed E-state index contributed by atoms with van der Waals surface area (Å²) in [6.45, 7) is 9.30. The van der Waals surface area contributed by atoms with Gasteiger partial charge in [0.1, 0.15) is 0 Å². The first kappa shape index (κ1) is 24.2. The number of amides is 1. The standard InChI is InChI=1S/C19H31N3O.2ClH/c1-19(2,3)17(20)18(23)21-16-10-8-15(9-11-16)14-22-12-6-4-5-7-13-22;;/h8-11,17H,4-7,12-14,20H2,1-3H3,(H,21,23);2*1H/t17-;;/m1../s1. The van der Waals surface area contributed by atoms with Gasteiger partial charge in [0, 0.05) is 12.2 Å². The number of hydrogen-bond donors (Lipinski definition) is 2. The molecule has 0 unspecified atom stereocenters. The number of halogens is 2. The molecule has 0 aromatic heterocycles. The van der Waals surface area contributed by atoms with Crippen molar-refractivity contribution in [3.05, 3.63) is 29.8 Å². The minimum absolute atomic E-state index is 0. The van der Waals surface area contributed by atoms with E-state index in [-0.39, 0.29) is 36.1 Å². The molecule has 4 nitrogen and oxygen atoms in total. The molecule has 2 rings (SSSR count). The molecule has 0 spiro atoms. The van der Waals surface area contributed by atoms with Crippen molar-refractivity contribution in [3.8, 4) is 0 Å². The predicted octanol–water partition coefficient (Wildman–Crippen LogP) is 4.22. The first-order valence-electron chi connectivity index (χ1n) is 8.74. The van der Waals surface area contributed by atoms with E-state index in [1.54, 1.807) is 0 Å². The van der Waals surface area contributed by atoms with Crippen LogP contribution in [0.5, 0.6) is 0 Å². The van der Waals surface area contributed by atoms with Crippen molar-refractivity contribution in [1.29, 1.82) is 0 Å². The Kier molecular flexibility index (Phi) is 10.7. The molecular weight excluding hydrogens is 357 g/mol. The van der Waals surface area contributed by atoms with Crippen molar-refractivity contribution in [3.63, 3.8) is 0 Å². The third-order valence-corrected chi connectivity index (χ3v) is 4.54. The van der Waals surface area contributed by atoms with Gasteiger partial charge < -0.3 is 11.1 Å². The van der Waals surface area contributed by atoms with Crippen molar-refractivity contribution in [2.45, 2.75) is 59.0 Å². The molecule has 1 fully saturated rings. The summed E-state index contributed by atoms with van der Waals surface area (Å²) in [7, 11) is 0. The largest absolute Gasteiger partial charge is 0.325 e. The van der Waals surface area contributed by atoms with E-state index in [2.05, 4.69) is 22.3 Å². The van der Waals surface area contributed by atoms with Gasteiger partial charge in [0.15, 0.2) is 0 Å². The van der Waals surface area contributed by atoms with Gasteiger partial charge in [-0.15, -0.1) is 24.8 Å². The number of nitrogens with one attached hydrogen (secondary N) is 1. The van der Waals surface area contributed by atoms with Gasteiger partial charge in [0.25, 0.3) is 0 Å². The number of carbonyl (C=O) groups is 1. The van der Waals surface area contributed by atoms with Gasteiger partial charge in [0.2, 0.25) is 5.91 Å². The Hall–Kier alpha value is -0.810. The SMILES string of the molecule is CC(C)(C)[C@H](N)C(=O)Nc1ccc(CN2CCCCCC2)cc1.Cl.Cl. The third kappa shape index (κ3) is 7.95. The van der Waals surface area contributed by atoms with E-state index in [4.69, 9.17) is 5.73 Å². The van der Waals surface area contributed by atoms with Crippen LogP contribution in [0.1, 0.15) is 52.0 Å². The van der Waals surface area contributed by atoms with Crippen LogP contribution in [-0.4, -0.2) is 29.9 Å². The lowest BCUT2D eigenvalue weighted by molar-refractivity contribution is -0.119. The molecular formula is C19H33Cl2N3O. The van der Waals surface area contributed by atoms with Crippen molar-refractivity contribution in [1.82, 2.24) is 4.90 Å². The number of nitrogens with two attached hydrogens (primary N) is 1. The van der Waals surface area contributed by atoms with E-state index in [1.807, 2.05) is 32.9 Å². The highest BCUT2D eigenvalue weighted by molar-refractivity contribution is 5.95. The van der Waals surface area contributed by atoms with Gasteiger partial charge in [-0.3, -0.25) is 9.69 Å². The van der Waals surface area contributed by atoms with Crippen LogP contribution in [0, 0.1) is 5.41 Å². The lowest BCUT2D eigenvalue weighted by atomic mass is 9.87. The highest BCUT2D eigenvalue weighted by Crippen LogP contribution is 2.20. The zero-order valence-corrected chi connectivity index (χ0v) is 17.2. The summed E-state index contributed by atoms with van der Waals surface area (Å²) < 4.78 is 0. The van der Waals surface area contributed by atoms with Gasteiger partial charge in [-0.2, -0.15) is 0 Å². The fraction of sp³-hybridized carbons (Fsp3) is 0.632. The van der Waals surface area contributed by atoms with Crippen LogP contribution in [0.3, 0.4) is 0 Å². The normalized spacial score (nSPS) is 16.8. The molecule has 1 aliphatic rings. The van der Waals surface area contributed by atoms with Crippen molar-refractivity contribution in [2.24, 2.45) is 11.1 Å². The molecule has 25 heavy (non-hydrogen) atoms. The molecule has 0 bridgehead atoms. The average molecular weight is 390 g/mol. The molecule has 1 amide bonds. The van der Waals surface area contributed by atoms with Crippen LogP contribution in [0.2, 0.25) is 0 Å². The Morgan fingerprint density at radius 2 is 1.60 bits per heavy atom. The molecule has 1 aliphatic heterocycles. The summed E-state index contributed by atoms with van der Waals surface area (Å²) in [5, 5.41) is 2.91. The Labute approximate surface area is 164 Å². The van der Waals surface area contributed by atoms with Gasteiger partial charge in [-0.25, -0.2) is 0 Å². The topological polar surface area (TPSA) is 58.4 Å². The van der Waals surface area contributed by atoms with Crippen LogP contribution in [0.15, 0.2) is 24.3 Å². The molecule has 6 heteroatoms. The molecule has 0 aliphatic carbocycles. The van der Waals surface area contributed by atoms with Crippen molar-refractivity contribution in [2.75, 3.05) is 18.4 Å². The van der Waals surface area contributed by atoms with E-state index < -0.39 is 6.04 Å². The van der Waals surface area contributed by atoms with E-state index in [9.17, 15) is 4.79 Å². The summed E-state index contributed by atoms with van der Waals surface area (Å²) in [6, 6.07) is 7.63. The first-order chi connectivity index (χ1) is 10.9. The van der Waals surface area contributed by atoms with E-state index in [0.29, 0.717) is 0 Å². The zero-order chi connectivity index (χ0) is 16.9. The fourth-order valence-corrected chi connectivity index (χ4v) is 2.86. The summed E-state index contributed by atoms with van der Waals surface area (Å²) in [6.07, 6.45) is 5.32. The summed E-state index contributed by atoms with van der Waals surface area (Å²) >= 11 is 0. The second-order valence-corrected chi connectivity index (χ2v) is 7.72. The van der Waals surface area contributed by atoms with Crippen molar-refractivity contribution >= 4 is 36.4 Å². The maximum absolute atomic E-state index is 12.2. The number of nitrogens with zero attached hydrogens (tertiary/aromatic N) is 1. The van der Waals surface area contributed by atoms with Gasteiger partial charge >= 0.3 is 0 Å². The Balaban J connectivity index is 0.00000288. The smallest absolute Gasteiger partial charge is 0.241 e. The van der Waals surface area contributed by atoms with E-state index in [0.717, 1.165) is 12.2 Å². The summed E-state index contributed by atoms with van der Waals surface area (Å²) in [4.78, 5) is 14.7. The highest BCUT2D eigenvalue weighted by Gasteiger charge is 2.27. The van der Waals surface area contributed by atoms with Crippen LogP contribution in [-0.2, 0) is 11.3 Å². The van der Waals surface area contributed by atoms with E-state index in [1.165, 1.54) is 44.3 Å². The number of likely N-dealkylation sites (tertiary alicyclic amines) is 1. The third-order valence-electron chi connectivity index (χ3n) is 4.54. The maximum atomic E-state index is 12.2. The summed E-state index contributed by atoms with van der Waals surface area (Å²) in [5.41, 5.74) is 7.86. The highest BCUT2D eigenvalue weighted by atomic mass is 35.5. The number of carbonyl (C=O) groups excluding carboxylic acids is 1. The molecule has 3 N–H and O–H groups in total. The van der Waals surface area contributed by atoms with Crippen LogP contribution >= 0.6 is 24.8 Å². The van der Waals surface area contributed by atoms with Gasteiger partial charge in [-0.1, -0.05) is 45.7 Å². The Morgan fingerprint density at radius 3 is 2.08 bits per heavy atom. The van der Waals surface area contributed by atoms with E-state index >= 15 is 0 Å². The second kappa shape index (κ2) is 11.0. The van der Waals surface area contributed by atoms with Crippen molar-refractivity contribution < 1.29 is 4.79 Å². The lowest BCUT2D eigenvalue weighted by Crippen LogP contribution is -2.45. The molecule has 144 valence electrons. The first-order valence-corrected chi connectivity index (χ1v) is 8.74. The molecule has 1 saturated heterocycles. The lowest BCUT2D eigenvalue weighted by Gasteiger charge is -2.25. The van der Waals surface area contributed by atoms with Crippen LogP contribution < -0.4 is 11.1 Å². The van der Waals surface area contributed by atoms with Crippen LogP contribution in [0.25, 0.3) is 0 Å². The minimum Gasteiger partial charge on any atom is -0.325 e. The molecule has 0 radical (unpaired) electrons. The maximum Gasteiger partial charge on any atom is 0.241 e. The number of anilines is 1. The minimum atomic E-state index is -0.515. The zero-order valence-electron chi connectivity index (χ0n) is 15.6. The Morgan fingerprint density at radius 1 is 1.08 bits per heavy atom. The molecule has 1 aromatic carbocycles. The number of benzene rings is 1. The average Bonchev–Trinajstić information content (AvgIpc) is 2.76. The molecule has 1 heterocycles. The molecule has 0 saturated carbocycles. The monoisotopic (exact) mass is 389 g/mol. The predicted molar refractivity (Wildman–Crippen MR) is 111 cm³/mol. The number of rotatable bonds is 4. The quantitative estimate of drug-likeness (QED) is 0.809. The number of hydrogen-bond acceptors (Lipinski definition) is 3. The van der Waals surface area contributed by atoms with Crippen LogP contribution in [0.4, 0.5) is 5.69 Å². The van der Waals surface area contributed by atoms with Gasteiger partial charge in [-0.05, 0) is 49.0 Å².